The van der Waals surface area contributed by atoms with Crippen LogP contribution >= 0.6 is 7.60 Å². The normalized spacial score (nSPS) is 11.6. The molecule has 0 atom stereocenters. The van der Waals surface area contributed by atoms with E-state index in [1.165, 1.54) is 0 Å². The molecular weight excluding hydrogens is 235 g/mol. The fourth-order valence-electron chi connectivity index (χ4n) is 1.01. The average molecular weight is 249 g/mol. The van der Waals surface area contributed by atoms with Gasteiger partial charge in [0.1, 0.15) is 6.35 Å². The van der Waals surface area contributed by atoms with Crippen molar-refractivity contribution >= 4 is 19.4 Å². The minimum atomic E-state index is -4.11. The predicted octanol–water partition coefficient (Wildman–Crippen LogP) is -1.31. The van der Waals surface area contributed by atoms with Crippen LogP contribution in [0.25, 0.3) is 0 Å². The summed E-state index contributed by atoms with van der Waals surface area (Å²) in [5, 5.41) is 0. The summed E-state index contributed by atoms with van der Waals surface area (Å²) in [4.78, 5) is 20.9. The van der Waals surface area contributed by atoms with Crippen molar-refractivity contribution in [1.82, 2.24) is 4.98 Å². The Hall–Kier alpha value is -1.21. The predicted molar refractivity (Wildman–Crippen MR) is 56.1 cm³/mol. The van der Waals surface area contributed by atoms with Crippen LogP contribution in [0.2, 0.25) is 0 Å². The maximum absolute atomic E-state index is 10.5. The van der Waals surface area contributed by atoms with Crippen LogP contribution in [-0.4, -0.2) is 27.7 Å². The summed E-state index contributed by atoms with van der Waals surface area (Å²) in [5.41, 5.74) is 11.0. The van der Waals surface area contributed by atoms with Crippen LogP contribution in [0.5, 0.6) is 0 Å². The molecule has 1 aromatic rings. The third-order valence-corrected chi connectivity index (χ3v) is 2.22. The highest BCUT2D eigenvalue weighted by Gasteiger charge is 2.13. The quantitative estimate of drug-likeness (QED) is 0.289. The number of aromatic nitrogens is 2. The second-order valence-electron chi connectivity index (χ2n) is 3.11. The molecule has 0 saturated heterocycles. The van der Waals surface area contributed by atoms with Crippen molar-refractivity contribution in [1.29, 1.82) is 0 Å². The zero-order valence-electron chi connectivity index (χ0n) is 8.48. The first-order valence-electron chi connectivity index (χ1n) is 4.42. The van der Waals surface area contributed by atoms with E-state index in [-0.39, 0.29) is 12.6 Å². The van der Waals surface area contributed by atoms with Crippen LogP contribution < -0.4 is 16.0 Å². The van der Waals surface area contributed by atoms with Gasteiger partial charge in [-0.1, -0.05) is 4.98 Å². The zero-order chi connectivity index (χ0) is 12.2. The molecule has 0 bridgehead atoms. The number of nitrogen functional groups attached to an aromatic ring is 2. The molecule has 0 aliphatic heterocycles. The van der Waals surface area contributed by atoms with Gasteiger partial charge in [-0.25, -0.2) is 4.57 Å². The van der Waals surface area contributed by atoms with Crippen molar-refractivity contribution in [3.63, 3.8) is 0 Å². The highest BCUT2D eigenvalue weighted by molar-refractivity contribution is 7.51. The number of nitrogens with two attached hydrogens (primary N) is 2. The van der Waals surface area contributed by atoms with E-state index in [4.69, 9.17) is 26.0 Å². The van der Waals surface area contributed by atoms with Gasteiger partial charge < -0.3 is 20.3 Å². The van der Waals surface area contributed by atoms with Gasteiger partial charge in [0, 0.05) is 6.07 Å². The summed E-state index contributed by atoms with van der Waals surface area (Å²) in [7, 11) is -4.11. The Balaban J connectivity index is 2.41. The van der Waals surface area contributed by atoms with Crippen molar-refractivity contribution in [2.75, 3.05) is 24.4 Å². The van der Waals surface area contributed by atoms with Crippen LogP contribution in [0.1, 0.15) is 0 Å². The Kier molecular flexibility index (Phi) is 4.19. The molecule has 1 rings (SSSR count). The Morgan fingerprint density at radius 3 is 2.75 bits per heavy atom. The van der Waals surface area contributed by atoms with E-state index in [1.54, 1.807) is 16.8 Å². The zero-order valence-corrected chi connectivity index (χ0v) is 9.38. The number of anilines is 2. The summed E-state index contributed by atoms with van der Waals surface area (Å²) >= 11 is 0. The van der Waals surface area contributed by atoms with Gasteiger partial charge in [0.2, 0.25) is 5.82 Å². The van der Waals surface area contributed by atoms with Crippen LogP contribution in [0.4, 0.5) is 11.8 Å². The van der Waals surface area contributed by atoms with E-state index in [0.717, 1.165) is 0 Å². The van der Waals surface area contributed by atoms with Gasteiger partial charge in [0.25, 0.3) is 0 Å². The van der Waals surface area contributed by atoms with Crippen LogP contribution in [-0.2, 0) is 15.8 Å². The molecule has 6 N–H and O–H groups in total. The molecule has 0 fully saturated rings. The van der Waals surface area contributed by atoms with Gasteiger partial charge in [-0.3, -0.25) is 10.3 Å². The lowest BCUT2D eigenvalue weighted by atomic mass is 10.5. The maximum atomic E-state index is 10.5. The van der Waals surface area contributed by atoms with Gasteiger partial charge in [0.05, 0.1) is 19.3 Å². The summed E-state index contributed by atoms with van der Waals surface area (Å²) in [6, 6.07) is 1.57. The van der Waals surface area contributed by atoms with Gasteiger partial charge in [-0.05, 0) is 0 Å². The average Bonchev–Trinajstić information content (AvgIpc) is 2.13. The van der Waals surface area contributed by atoms with Crippen molar-refractivity contribution in [2.45, 2.75) is 6.54 Å². The highest BCUT2D eigenvalue weighted by Crippen LogP contribution is 2.33. The Bertz CT molecular complexity index is 407. The monoisotopic (exact) mass is 249 g/mol. The third-order valence-electron chi connectivity index (χ3n) is 1.70. The van der Waals surface area contributed by atoms with Crippen molar-refractivity contribution in [3.8, 4) is 0 Å². The lowest BCUT2D eigenvalue weighted by molar-refractivity contribution is -0.686. The van der Waals surface area contributed by atoms with E-state index in [9.17, 15) is 4.57 Å². The van der Waals surface area contributed by atoms with E-state index in [2.05, 4.69) is 4.98 Å². The number of nitrogens with zero attached hydrogens (tertiary/aromatic N) is 2. The molecule has 90 valence electrons. The number of ether oxygens (including phenoxy) is 1. The third kappa shape index (κ3) is 4.54. The molecule has 16 heavy (non-hydrogen) atoms. The summed E-state index contributed by atoms with van der Waals surface area (Å²) in [6.45, 7) is 0.477. The molecule has 0 aromatic carbocycles. The van der Waals surface area contributed by atoms with E-state index in [0.29, 0.717) is 12.4 Å². The topological polar surface area (TPSA) is 136 Å². The summed E-state index contributed by atoms with van der Waals surface area (Å²) in [6.07, 6.45) is 1.02. The largest absolute Gasteiger partial charge is 0.391 e. The second kappa shape index (κ2) is 5.22. The first-order valence-corrected chi connectivity index (χ1v) is 6.22. The van der Waals surface area contributed by atoms with E-state index < -0.39 is 13.9 Å². The number of hydrogen-bond acceptors (Lipinski definition) is 5. The van der Waals surface area contributed by atoms with Gasteiger partial charge in [0.15, 0.2) is 0 Å². The van der Waals surface area contributed by atoms with Gasteiger partial charge in [-0.15, -0.1) is 0 Å². The molecule has 0 radical (unpaired) electrons. The molecule has 0 amide bonds. The van der Waals surface area contributed by atoms with Crippen LogP contribution in [0.3, 0.4) is 0 Å². The lowest BCUT2D eigenvalue weighted by Crippen LogP contribution is -2.40. The number of rotatable bonds is 5. The van der Waals surface area contributed by atoms with E-state index in [1.807, 2.05) is 0 Å². The van der Waals surface area contributed by atoms with Gasteiger partial charge >= 0.3 is 13.5 Å². The molecule has 9 heteroatoms. The van der Waals surface area contributed by atoms with E-state index >= 15 is 0 Å². The Morgan fingerprint density at radius 2 is 2.19 bits per heavy atom. The highest BCUT2D eigenvalue weighted by atomic mass is 31.2. The molecule has 1 heterocycles. The molecule has 1 aromatic heterocycles. The van der Waals surface area contributed by atoms with Crippen LogP contribution in [0, 0.1) is 0 Å². The standard InChI is InChI=1S/C7H13N4O4P/c8-6-1-2-11(7(9)10-6)3-4-15-5-16(12,13)14/h1-2H,3-5H2,(H5,8,9,10,12,13,14)/p+1. The molecule has 0 aliphatic carbocycles. The molecule has 8 nitrogen and oxygen atoms in total. The Labute approximate surface area is 92.0 Å². The van der Waals surface area contributed by atoms with Gasteiger partial charge in [-0.2, -0.15) is 0 Å². The Morgan fingerprint density at radius 1 is 1.50 bits per heavy atom. The SMILES string of the molecule is Nc1cc[n+](CCOCP(=O)(O)O)c(N)n1. The minimum Gasteiger partial charge on any atom is -0.370 e. The molecular formula is C7H14N4O4P+. The first-order chi connectivity index (χ1) is 7.38. The molecule has 0 aliphatic rings. The fourth-order valence-corrected chi connectivity index (χ4v) is 1.38. The summed E-state index contributed by atoms with van der Waals surface area (Å²) in [5.74, 6) is 0.532. The lowest BCUT2D eigenvalue weighted by Gasteiger charge is -2.06. The second-order valence-corrected chi connectivity index (χ2v) is 4.69. The van der Waals surface area contributed by atoms with Crippen molar-refractivity contribution < 1.29 is 23.7 Å². The minimum absolute atomic E-state index is 0.131. The molecule has 0 unspecified atom stereocenters. The molecule has 0 spiro atoms. The summed E-state index contributed by atoms with van der Waals surface area (Å²) < 4.78 is 16.8. The fraction of sp³-hybridized carbons (Fsp3) is 0.429. The maximum Gasteiger partial charge on any atom is 0.391 e. The first kappa shape index (κ1) is 12.9. The molecule has 0 saturated carbocycles. The van der Waals surface area contributed by atoms with Crippen molar-refractivity contribution in [3.05, 3.63) is 12.3 Å². The van der Waals surface area contributed by atoms with Crippen LogP contribution in [0.15, 0.2) is 12.3 Å². The number of hydrogen-bond donors (Lipinski definition) is 4. The van der Waals surface area contributed by atoms with Crippen molar-refractivity contribution in [2.24, 2.45) is 0 Å². The smallest absolute Gasteiger partial charge is 0.370 e.